The lowest BCUT2D eigenvalue weighted by molar-refractivity contribution is 0.0645. The van der Waals surface area contributed by atoms with E-state index in [-0.39, 0.29) is 24.3 Å². The molecule has 0 bridgehead atoms. The Kier molecular flexibility index (Phi) is 5.59. The van der Waals surface area contributed by atoms with Gasteiger partial charge in [-0.3, -0.25) is 19.6 Å². The normalized spacial score (nSPS) is 14.1. The Hall–Kier alpha value is -3.66. The van der Waals surface area contributed by atoms with Crippen molar-refractivity contribution in [2.75, 3.05) is 19.8 Å². The minimum Gasteiger partial charge on any atom is -0.490 e. The number of halogens is 1. The van der Waals surface area contributed by atoms with E-state index in [1.165, 1.54) is 9.53 Å². The van der Waals surface area contributed by atoms with Crippen molar-refractivity contribution in [2.45, 2.75) is 12.8 Å². The lowest BCUT2D eigenvalue weighted by Gasteiger charge is -2.17. The van der Waals surface area contributed by atoms with Gasteiger partial charge in [-0.15, -0.1) is 9.73 Å². The molecule has 1 aliphatic heterocycles. The number of aromatic amines is 1. The third-order valence-corrected chi connectivity index (χ3v) is 6.05. The highest BCUT2D eigenvalue weighted by atomic mass is 79.9. The second-order valence-corrected chi connectivity index (χ2v) is 8.43. The van der Waals surface area contributed by atoms with Crippen molar-refractivity contribution in [2.24, 2.45) is 0 Å². The standard InChI is InChI=1S/C23H20BrN5O4/c1-14(13-28-22(30)16-9-5-6-10-17(16)23(28)31)19-25-20-18(24)21(27-29(20)26-19)33-12-11-32-15-7-3-2-4-8-15/h2-10,14H,11-13H2,1H3,(H,25,26). The number of rotatable bonds is 8. The summed E-state index contributed by atoms with van der Waals surface area (Å²) in [5.41, 5.74) is 1.42. The zero-order valence-corrected chi connectivity index (χ0v) is 19.3. The minimum absolute atomic E-state index is 0.209. The van der Waals surface area contributed by atoms with Crippen LogP contribution >= 0.6 is 15.9 Å². The van der Waals surface area contributed by atoms with Gasteiger partial charge in [-0.25, -0.2) is 4.98 Å². The molecule has 3 heterocycles. The highest BCUT2D eigenvalue weighted by Crippen LogP contribution is 2.30. The minimum atomic E-state index is -0.284. The van der Waals surface area contributed by atoms with Gasteiger partial charge in [-0.1, -0.05) is 37.3 Å². The van der Waals surface area contributed by atoms with Crippen LogP contribution in [0.1, 0.15) is 39.4 Å². The second-order valence-electron chi connectivity index (χ2n) is 7.64. The Morgan fingerprint density at radius 3 is 2.27 bits per heavy atom. The third kappa shape index (κ3) is 3.97. The molecule has 2 amide bonds. The van der Waals surface area contributed by atoms with Crippen LogP contribution in [0.4, 0.5) is 0 Å². The first-order valence-electron chi connectivity index (χ1n) is 10.4. The lowest BCUT2D eigenvalue weighted by atomic mass is 10.1. The largest absolute Gasteiger partial charge is 0.490 e. The topological polar surface area (TPSA) is 102 Å². The Balaban J connectivity index is 1.23. The van der Waals surface area contributed by atoms with E-state index in [1.807, 2.05) is 37.3 Å². The second kappa shape index (κ2) is 8.70. The van der Waals surface area contributed by atoms with Gasteiger partial charge in [0.05, 0.1) is 11.1 Å². The van der Waals surface area contributed by atoms with Crippen molar-refractivity contribution < 1.29 is 19.1 Å². The molecule has 9 nitrogen and oxygen atoms in total. The first-order chi connectivity index (χ1) is 16.0. The van der Waals surface area contributed by atoms with E-state index in [0.717, 1.165) is 5.75 Å². The van der Waals surface area contributed by atoms with E-state index in [9.17, 15) is 9.59 Å². The zero-order valence-electron chi connectivity index (χ0n) is 17.7. The number of H-pyrrole nitrogens is 1. The molecule has 2 aromatic heterocycles. The van der Waals surface area contributed by atoms with Crippen molar-refractivity contribution >= 4 is 33.4 Å². The summed E-state index contributed by atoms with van der Waals surface area (Å²) in [6.45, 7) is 2.80. The molecular weight excluding hydrogens is 490 g/mol. The molecule has 1 N–H and O–H groups in total. The first-order valence-corrected chi connectivity index (χ1v) is 11.2. The van der Waals surface area contributed by atoms with Crippen molar-refractivity contribution in [3.63, 3.8) is 0 Å². The molecule has 0 fully saturated rings. The van der Waals surface area contributed by atoms with Crippen LogP contribution in [0.15, 0.2) is 59.1 Å². The quantitative estimate of drug-likeness (QED) is 0.287. The molecule has 0 saturated heterocycles. The third-order valence-electron chi connectivity index (χ3n) is 5.36. The number of imide groups is 1. The Labute approximate surface area is 197 Å². The number of para-hydroxylation sites is 1. The maximum atomic E-state index is 12.6. The van der Waals surface area contributed by atoms with Gasteiger partial charge in [0.2, 0.25) is 0 Å². The number of carbonyl (C=O) groups excluding carboxylic acids is 2. The fourth-order valence-electron chi connectivity index (χ4n) is 3.69. The number of hydrogen-bond acceptors (Lipinski definition) is 6. The van der Waals surface area contributed by atoms with Gasteiger partial charge in [0.25, 0.3) is 17.7 Å². The highest BCUT2D eigenvalue weighted by molar-refractivity contribution is 9.10. The number of amides is 2. The Bertz CT molecular complexity index is 1300. The maximum absolute atomic E-state index is 12.6. The van der Waals surface area contributed by atoms with Crippen LogP contribution in [0.2, 0.25) is 0 Å². The number of hydrogen-bond donors (Lipinski definition) is 1. The van der Waals surface area contributed by atoms with Gasteiger partial charge in [0.1, 0.15) is 29.3 Å². The van der Waals surface area contributed by atoms with Crippen LogP contribution in [0.3, 0.4) is 0 Å². The summed E-state index contributed by atoms with van der Waals surface area (Å²) in [5, 5.41) is 7.48. The van der Waals surface area contributed by atoms with Crippen LogP contribution in [0.25, 0.3) is 5.65 Å². The Morgan fingerprint density at radius 2 is 1.61 bits per heavy atom. The van der Waals surface area contributed by atoms with E-state index < -0.39 is 0 Å². The van der Waals surface area contributed by atoms with E-state index in [2.05, 4.69) is 31.1 Å². The number of nitrogens with zero attached hydrogens (tertiary/aromatic N) is 4. The lowest BCUT2D eigenvalue weighted by Crippen LogP contribution is -2.33. The van der Waals surface area contributed by atoms with Gasteiger partial charge in [0, 0.05) is 12.5 Å². The van der Waals surface area contributed by atoms with Crippen LogP contribution in [0, 0.1) is 0 Å². The van der Waals surface area contributed by atoms with Crippen LogP contribution < -0.4 is 9.47 Å². The van der Waals surface area contributed by atoms with E-state index in [0.29, 0.717) is 46.2 Å². The molecule has 0 aliphatic carbocycles. The molecule has 1 unspecified atom stereocenters. The fraction of sp³-hybridized carbons (Fsp3) is 0.217. The fourth-order valence-corrected chi connectivity index (χ4v) is 4.14. The molecular formula is C23H20BrN5O4. The van der Waals surface area contributed by atoms with Gasteiger partial charge in [0.15, 0.2) is 5.65 Å². The molecule has 0 spiro atoms. The van der Waals surface area contributed by atoms with Crippen molar-refractivity contribution in [1.82, 2.24) is 24.7 Å². The predicted molar refractivity (Wildman–Crippen MR) is 123 cm³/mol. The average molecular weight is 510 g/mol. The molecule has 1 atom stereocenters. The Morgan fingerprint density at radius 1 is 0.970 bits per heavy atom. The van der Waals surface area contributed by atoms with Crippen LogP contribution in [-0.4, -0.2) is 56.3 Å². The molecule has 0 radical (unpaired) electrons. The van der Waals surface area contributed by atoms with Gasteiger partial charge in [-0.05, 0) is 40.2 Å². The number of ether oxygens (including phenoxy) is 2. The summed E-state index contributed by atoms with van der Waals surface area (Å²) in [7, 11) is 0. The molecule has 1 aliphatic rings. The highest BCUT2D eigenvalue weighted by Gasteiger charge is 2.36. The molecule has 5 rings (SSSR count). The zero-order chi connectivity index (χ0) is 22.9. The van der Waals surface area contributed by atoms with Crippen molar-refractivity contribution in [1.29, 1.82) is 0 Å². The first kappa shape index (κ1) is 21.2. The van der Waals surface area contributed by atoms with Gasteiger partial charge in [-0.2, -0.15) is 0 Å². The summed E-state index contributed by atoms with van der Waals surface area (Å²) in [4.78, 5) is 31.1. The summed E-state index contributed by atoms with van der Waals surface area (Å²) in [6.07, 6.45) is 0. The van der Waals surface area contributed by atoms with Crippen LogP contribution in [-0.2, 0) is 0 Å². The number of aromatic nitrogens is 4. The van der Waals surface area contributed by atoms with E-state index >= 15 is 0 Å². The van der Waals surface area contributed by atoms with E-state index in [1.54, 1.807) is 24.3 Å². The smallest absolute Gasteiger partial charge is 0.261 e. The van der Waals surface area contributed by atoms with Crippen LogP contribution in [0.5, 0.6) is 11.6 Å². The molecule has 168 valence electrons. The number of carbonyl (C=O) groups is 2. The molecule has 4 aromatic rings. The maximum Gasteiger partial charge on any atom is 0.261 e. The van der Waals surface area contributed by atoms with Crippen molar-refractivity contribution in [3.8, 4) is 11.6 Å². The van der Waals surface area contributed by atoms with Crippen molar-refractivity contribution in [3.05, 3.63) is 76.0 Å². The van der Waals surface area contributed by atoms with E-state index in [4.69, 9.17) is 9.47 Å². The molecule has 33 heavy (non-hydrogen) atoms. The van der Waals surface area contributed by atoms with Gasteiger partial charge < -0.3 is 9.47 Å². The summed E-state index contributed by atoms with van der Waals surface area (Å²) < 4.78 is 13.4. The number of fused-ring (bicyclic) bond motifs is 2. The SMILES string of the molecule is CC(CN1C(=O)c2ccccc2C1=O)c1nc2c(Br)c(OCCOc3ccccc3)nn2[nH]1. The molecule has 0 saturated carbocycles. The number of nitrogens with one attached hydrogen (secondary N) is 1. The average Bonchev–Trinajstić information content (AvgIpc) is 3.46. The van der Waals surface area contributed by atoms with Gasteiger partial charge >= 0.3 is 0 Å². The monoisotopic (exact) mass is 509 g/mol. The summed E-state index contributed by atoms with van der Waals surface area (Å²) >= 11 is 3.49. The summed E-state index contributed by atoms with van der Waals surface area (Å²) in [6, 6.07) is 16.3. The molecule has 2 aromatic carbocycles. The number of benzene rings is 2. The predicted octanol–water partition coefficient (Wildman–Crippen LogP) is 3.68. The summed E-state index contributed by atoms with van der Waals surface area (Å²) in [5.74, 6) is 0.986. The molecule has 10 heteroatoms.